The average molecular weight is 442 g/mol. The van der Waals surface area contributed by atoms with Gasteiger partial charge in [0.1, 0.15) is 6.04 Å². The molecule has 2 amide bonds. The third kappa shape index (κ3) is 7.56. The normalized spacial score (nSPS) is 14.0. The number of alkyl halides is 6. The van der Waals surface area contributed by atoms with Crippen LogP contribution in [0.5, 0.6) is 0 Å². The minimum atomic E-state index is -5.06. The maximum Gasteiger partial charge on any atom is 0.416 e. The van der Waals surface area contributed by atoms with Gasteiger partial charge in [-0.3, -0.25) is 14.4 Å². The molecule has 0 unspecified atom stereocenters. The number of carbonyl (C=O) groups is 3. The van der Waals surface area contributed by atoms with Crippen LogP contribution in [0.3, 0.4) is 0 Å². The van der Waals surface area contributed by atoms with E-state index in [0.29, 0.717) is 12.1 Å². The molecule has 0 aromatic heterocycles. The Morgan fingerprint density at radius 3 is 1.93 bits per heavy atom. The summed E-state index contributed by atoms with van der Waals surface area (Å²) in [5.74, 6) is -3.56. The zero-order valence-corrected chi connectivity index (χ0v) is 16.0. The SMILES string of the molecule is CCOC(=O)C[C@H](C)[C@H](NC(=O)Cc1cc(C(F)(F)F)cc(C(F)(F)F)c1)C(N)=O. The monoisotopic (exact) mass is 442 g/mol. The van der Waals surface area contributed by atoms with Crippen LogP contribution in [0.15, 0.2) is 18.2 Å². The first-order valence-corrected chi connectivity index (χ1v) is 8.67. The molecule has 0 fully saturated rings. The van der Waals surface area contributed by atoms with Crippen LogP contribution in [0, 0.1) is 5.92 Å². The summed E-state index contributed by atoms with van der Waals surface area (Å²) in [4.78, 5) is 35.3. The predicted molar refractivity (Wildman–Crippen MR) is 91.7 cm³/mol. The van der Waals surface area contributed by atoms with Gasteiger partial charge in [-0.15, -0.1) is 0 Å². The van der Waals surface area contributed by atoms with Crippen LogP contribution in [0.1, 0.15) is 37.0 Å². The van der Waals surface area contributed by atoms with E-state index < -0.39 is 65.2 Å². The van der Waals surface area contributed by atoms with Crippen LogP contribution in [0.2, 0.25) is 0 Å². The summed E-state index contributed by atoms with van der Waals surface area (Å²) in [6, 6.07) is -0.615. The molecule has 3 N–H and O–H groups in total. The van der Waals surface area contributed by atoms with Crippen molar-refractivity contribution in [3.05, 3.63) is 34.9 Å². The van der Waals surface area contributed by atoms with Gasteiger partial charge in [0.25, 0.3) is 0 Å². The standard InChI is InChI=1S/C18H20F6N2O4/c1-3-30-14(28)4-9(2)15(16(25)29)26-13(27)7-10-5-11(17(19,20)21)8-12(6-10)18(22,23)24/h5-6,8-9,15H,3-4,7H2,1-2H3,(H2,25,29)(H,26,27)/t9-,15-/m0/s1. The number of rotatable bonds is 8. The van der Waals surface area contributed by atoms with Gasteiger partial charge in [0.05, 0.1) is 30.6 Å². The van der Waals surface area contributed by atoms with Crippen molar-refractivity contribution in [2.24, 2.45) is 11.7 Å². The van der Waals surface area contributed by atoms with E-state index in [1.165, 1.54) is 6.92 Å². The molecule has 0 aliphatic carbocycles. The minimum Gasteiger partial charge on any atom is -0.466 e. The zero-order valence-electron chi connectivity index (χ0n) is 16.0. The number of halogens is 6. The van der Waals surface area contributed by atoms with Gasteiger partial charge in [-0.25, -0.2) is 0 Å². The maximum atomic E-state index is 12.9. The van der Waals surface area contributed by atoms with E-state index in [2.05, 4.69) is 5.32 Å². The molecule has 1 rings (SSSR count). The van der Waals surface area contributed by atoms with Crippen molar-refractivity contribution in [1.29, 1.82) is 0 Å². The first-order valence-electron chi connectivity index (χ1n) is 8.67. The first kappa shape index (κ1) is 25.2. The van der Waals surface area contributed by atoms with Crippen LogP contribution in [-0.4, -0.2) is 30.4 Å². The van der Waals surface area contributed by atoms with E-state index in [9.17, 15) is 40.7 Å². The number of hydrogen-bond donors (Lipinski definition) is 2. The Balaban J connectivity index is 3.04. The summed E-state index contributed by atoms with van der Waals surface area (Å²) in [6.07, 6.45) is -11.3. The zero-order chi connectivity index (χ0) is 23.3. The number of nitrogens with one attached hydrogen (secondary N) is 1. The lowest BCUT2D eigenvalue weighted by molar-refractivity contribution is -0.145. The first-order chi connectivity index (χ1) is 13.6. The van der Waals surface area contributed by atoms with Gasteiger partial charge in [-0.2, -0.15) is 26.3 Å². The number of benzene rings is 1. The molecule has 1 aromatic rings. The Kier molecular flexibility index (Phi) is 8.25. The van der Waals surface area contributed by atoms with E-state index in [4.69, 9.17) is 10.5 Å². The quantitative estimate of drug-likeness (QED) is 0.478. The molecule has 0 aliphatic heterocycles. The van der Waals surface area contributed by atoms with Crippen molar-refractivity contribution in [3.8, 4) is 0 Å². The molecule has 0 spiro atoms. The highest BCUT2D eigenvalue weighted by Gasteiger charge is 2.37. The summed E-state index contributed by atoms with van der Waals surface area (Å²) in [5, 5.41) is 2.14. The molecular weight excluding hydrogens is 422 g/mol. The van der Waals surface area contributed by atoms with Crippen LogP contribution in [0.25, 0.3) is 0 Å². The van der Waals surface area contributed by atoms with Crippen molar-refractivity contribution >= 4 is 17.8 Å². The second-order valence-electron chi connectivity index (χ2n) is 6.52. The highest BCUT2D eigenvalue weighted by Crippen LogP contribution is 2.36. The highest BCUT2D eigenvalue weighted by molar-refractivity contribution is 5.88. The number of esters is 1. The van der Waals surface area contributed by atoms with Gasteiger partial charge in [-0.1, -0.05) is 6.92 Å². The third-order valence-corrected chi connectivity index (χ3v) is 4.00. The number of nitrogens with two attached hydrogens (primary N) is 1. The summed E-state index contributed by atoms with van der Waals surface area (Å²) in [5.41, 5.74) is 1.49. The van der Waals surface area contributed by atoms with Crippen molar-refractivity contribution in [3.63, 3.8) is 0 Å². The van der Waals surface area contributed by atoms with Gasteiger partial charge in [0.15, 0.2) is 0 Å². The molecule has 0 heterocycles. The van der Waals surface area contributed by atoms with E-state index in [1.807, 2.05) is 0 Å². The van der Waals surface area contributed by atoms with E-state index in [0.717, 1.165) is 0 Å². The summed E-state index contributed by atoms with van der Waals surface area (Å²) >= 11 is 0. The molecule has 6 nitrogen and oxygen atoms in total. The van der Waals surface area contributed by atoms with Crippen LogP contribution >= 0.6 is 0 Å². The lowest BCUT2D eigenvalue weighted by atomic mass is 9.97. The molecule has 0 saturated heterocycles. The van der Waals surface area contributed by atoms with Gasteiger partial charge in [0, 0.05) is 0 Å². The molecule has 0 aliphatic rings. The predicted octanol–water partition coefficient (Wildman–Crippen LogP) is 2.83. The fourth-order valence-electron chi connectivity index (χ4n) is 2.63. The molecule has 0 saturated carbocycles. The van der Waals surface area contributed by atoms with Crippen LogP contribution in [0.4, 0.5) is 26.3 Å². The maximum absolute atomic E-state index is 12.9. The number of ether oxygens (including phenoxy) is 1. The lowest BCUT2D eigenvalue weighted by Crippen LogP contribution is -2.49. The number of primary amides is 1. The second kappa shape index (κ2) is 9.81. The minimum absolute atomic E-state index is 0.0605. The topological polar surface area (TPSA) is 98.5 Å². The Morgan fingerprint density at radius 2 is 1.53 bits per heavy atom. The van der Waals surface area contributed by atoms with Crippen molar-refractivity contribution in [2.75, 3.05) is 6.61 Å². The number of amides is 2. The van der Waals surface area contributed by atoms with Gasteiger partial charge in [0.2, 0.25) is 11.8 Å². The Morgan fingerprint density at radius 1 is 1.03 bits per heavy atom. The lowest BCUT2D eigenvalue weighted by Gasteiger charge is -2.22. The molecule has 2 atom stereocenters. The average Bonchev–Trinajstić information content (AvgIpc) is 2.57. The van der Waals surface area contributed by atoms with Gasteiger partial charge < -0.3 is 15.8 Å². The summed E-state index contributed by atoms with van der Waals surface area (Å²) in [6.45, 7) is 3.04. The third-order valence-electron chi connectivity index (χ3n) is 4.00. The molecular formula is C18H20F6N2O4. The second-order valence-corrected chi connectivity index (χ2v) is 6.52. The summed E-state index contributed by atoms with van der Waals surface area (Å²) in [7, 11) is 0. The van der Waals surface area contributed by atoms with Crippen molar-refractivity contribution < 1.29 is 45.5 Å². The Labute approximate surface area is 167 Å². The Bertz CT molecular complexity index is 760. The molecule has 12 heteroatoms. The van der Waals surface area contributed by atoms with E-state index >= 15 is 0 Å². The largest absolute Gasteiger partial charge is 0.466 e. The molecule has 0 radical (unpaired) electrons. The molecule has 1 aromatic carbocycles. The molecule has 0 bridgehead atoms. The number of carbonyl (C=O) groups excluding carboxylic acids is 3. The summed E-state index contributed by atoms with van der Waals surface area (Å²) < 4.78 is 82.2. The molecule has 168 valence electrons. The van der Waals surface area contributed by atoms with Gasteiger partial charge >= 0.3 is 18.3 Å². The fourth-order valence-corrected chi connectivity index (χ4v) is 2.63. The van der Waals surface area contributed by atoms with Crippen LogP contribution < -0.4 is 11.1 Å². The van der Waals surface area contributed by atoms with Crippen molar-refractivity contribution in [2.45, 2.75) is 45.1 Å². The van der Waals surface area contributed by atoms with E-state index in [-0.39, 0.29) is 19.1 Å². The smallest absolute Gasteiger partial charge is 0.416 e. The fraction of sp³-hybridized carbons (Fsp3) is 0.500. The van der Waals surface area contributed by atoms with Gasteiger partial charge in [-0.05, 0) is 36.6 Å². The van der Waals surface area contributed by atoms with Crippen LogP contribution in [-0.2, 0) is 37.9 Å². The number of hydrogen-bond acceptors (Lipinski definition) is 4. The van der Waals surface area contributed by atoms with E-state index in [1.54, 1.807) is 6.92 Å². The molecule has 30 heavy (non-hydrogen) atoms. The highest BCUT2D eigenvalue weighted by atomic mass is 19.4. The van der Waals surface area contributed by atoms with Crippen molar-refractivity contribution in [1.82, 2.24) is 5.32 Å². The Hall–Kier alpha value is -2.79.